The van der Waals surface area contributed by atoms with Crippen molar-refractivity contribution in [2.24, 2.45) is 0 Å². The summed E-state index contributed by atoms with van der Waals surface area (Å²) in [6, 6.07) is 8.64. The minimum atomic E-state index is -0.214. The van der Waals surface area contributed by atoms with E-state index in [0.717, 1.165) is 10.2 Å². The summed E-state index contributed by atoms with van der Waals surface area (Å²) >= 11 is 9.21. The molecule has 0 aliphatic carbocycles. The van der Waals surface area contributed by atoms with Gasteiger partial charge in [-0.05, 0) is 37.3 Å². The zero-order valence-electron chi connectivity index (χ0n) is 9.58. The van der Waals surface area contributed by atoms with Crippen molar-refractivity contribution in [3.63, 3.8) is 0 Å². The molecule has 2 aromatic rings. The molecule has 0 bridgehead atoms. The highest BCUT2D eigenvalue weighted by Crippen LogP contribution is 2.21. The van der Waals surface area contributed by atoms with E-state index >= 15 is 0 Å². The molecule has 0 spiro atoms. The molecular formula is C13H10BrClN2O. The Bertz CT molecular complexity index is 581. The van der Waals surface area contributed by atoms with E-state index in [1.807, 2.05) is 6.92 Å². The second kappa shape index (κ2) is 5.50. The summed E-state index contributed by atoms with van der Waals surface area (Å²) in [4.78, 5) is 16.2. The lowest BCUT2D eigenvalue weighted by molar-refractivity contribution is 0.102. The maximum absolute atomic E-state index is 12.1. The summed E-state index contributed by atoms with van der Waals surface area (Å²) in [5, 5.41) is 3.31. The van der Waals surface area contributed by atoms with Crippen LogP contribution in [0.1, 0.15) is 16.1 Å². The van der Waals surface area contributed by atoms with E-state index in [2.05, 4.69) is 26.2 Å². The van der Waals surface area contributed by atoms with Gasteiger partial charge in [0.05, 0.1) is 11.4 Å². The van der Waals surface area contributed by atoms with Crippen molar-refractivity contribution in [2.75, 3.05) is 5.32 Å². The molecule has 0 aliphatic heterocycles. The average Bonchev–Trinajstić information content (AvgIpc) is 2.31. The maximum atomic E-state index is 12.1. The van der Waals surface area contributed by atoms with Gasteiger partial charge in [0.2, 0.25) is 0 Å². The molecule has 0 radical (unpaired) electrons. The van der Waals surface area contributed by atoms with Crippen molar-refractivity contribution in [3.05, 3.63) is 57.3 Å². The Kier molecular flexibility index (Phi) is 3.99. The molecule has 18 heavy (non-hydrogen) atoms. The molecule has 1 aromatic carbocycles. The largest absolute Gasteiger partial charge is 0.320 e. The Labute approximate surface area is 118 Å². The van der Waals surface area contributed by atoms with Gasteiger partial charge in [-0.3, -0.25) is 9.78 Å². The Hall–Kier alpha value is -1.39. The first-order valence-corrected chi connectivity index (χ1v) is 6.42. The number of hydrogen-bond donors (Lipinski definition) is 1. The SMILES string of the molecule is Cc1ncccc1NC(=O)c1cc(Cl)cc(Br)c1. The van der Waals surface area contributed by atoms with E-state index in [1.165, 1.54) is 0 Å². The molecule has 0 saturated heterocycles. The summed E-state index contributed by atoms with van der Waals surface area (Å²) in [6.45, 7) is 1.84. The number of anilines is 1. The highest BCUT2D eigenvalue weighted by molar-refractivity contribution is 9.10. The first-order chi connectivity index (χ1) is 8.56. The van der Waals surface area contributed by atoms with Crippen LogP contribution in [0.3, 0.4) is 0 Å². The Balaban J connectivity index is 2.25. The van der Waals surface area contributed by atoms with Gasteiger partial charge in [-0.1, -0.05) is 27.5 Å². The number of carbonyl (C=O) groups excluding carboxylic acids is 1. The molecule has 3 nitrogen and oxygen atoms in total. The van der Waals surface area contributed by atoms with Gasteiger partial charge in [0, 0.05) is 21.3 Å². The molecule has 0 saturated carbocycles. The summed E-state index contributed by atoms with van der Waals surface area (Å²) in [7, 11) is 0. The third kappa shape index (κ3) is 3.09. The molecular weight excluding hydrogens is 316 g/mol. The van der Waals surface area contributed by atoms with Crippen LogP contribution >= 0.6 is 27.5 Å². The monoisotopic (exact) mass is 324 g/mol. The molecule has 92 valence electrons. The number of halogens is 2. The van der Waals surface area contributed by atoms with Crippen LogP contribution in [0.5, 0.6) is 0 Å². The fourth-order valence-electron chi connectivity index (χ4n) is 1.50. The van der Waals surface area contributed by atoms with Crippen LogP contribution in [0.4, 0.5) is 5.69 Å². The van der Waals surface area contributed by atoms with Gasteiger partial charge >= 0.3 is 0 Å². The topological polar surface area (TPSA) is 42.0 Å². The molecule has 1 aromatic heterocycles. The minimum Gasteiger partial charge on any atom is -0.320 e. The predicted molar refractivity (Wildman–Crippen MR) is 76.1 cm³/mol. The third-order valence-electron chi connectivity index (χ3n) is 2.38. The van der Waals surface area contributed by atoms with Crippen molar-refractivity contribution >= 4 is 39.1 Å². The van der Waals surface area contributed by atoms with Gasteiger partial charge < -0.3 is 5.32 Å². The quantitative estimate of drug-likeness (QED) is 0.905. The van der Waals surface area contributed by atoms with Crippen LogP contribution in [0.25, 0.3) is 0 Å². The predicted octanol–water partition coefficient (Wildman–Crippen LogP) is 4.06. The van der Waals surface area contributed by atoms with Crippen molar-refractivity contribution in [1.82, 2.24) is 4.98 Å². The molecule has 5 heteroatoms. The number of aromatic nitrogens is 1. The molecule has 1 amide bonds. The lowest BCUT2D eigenvalue weighted by Crippen LogP contribution is -2.13. The van der Waals surface area contributed by atoms with Crippen LogP contribution in [0, 0.1) is 6.92 Å². The van der Waals surface area contributed by atoms with E-state index in [4.69, 9.17) is 11.6 Å². The van der Waals surface area contributed by atoms with Crippen LogP contribution in [-0.2, 0) is 0 Å². The second-order valence-electron chi connectivity index (χ2n) is 3.75. The standard InChI is InChI=1S/C13H10BrClN2O/c1-8-12(3-2-4-16-8)17-13(18)9-5-10(14)7-11(15)6-9/h2-7H,1H3,(H,17,18). The molecule has 0 atom stereocenters. The van der Waals surface area contributed by atoms with Crippen LogP contribution in [0.2, 0.25) is 5.02 Å². The number of carbonyl (C=O) groups is 1. The van der Waals surface area contributed by atoms with E-state index in [-0.39, 0.29) is 5.91 Å². The Morgan fingerprint density at radius 3 is 2.83 bits per heavy atom. The van der Waals surface area contributed by atoms with Gasteiger partial charge in [-0.15, -0.1) is 0 Å². The molecule has 0 unspecified atom stereocenters. The van der Waals surface area contributed by atoms with Crippen LogP contribution < -0.4 is 5.32 Å². The molecule has 1 heterocycles. The average molecular weight is 326 g/mol. The van der Waals surface area contributed by atoms with Crippen LogP contribution in [-0.4, -0.2) is 10.9 Å². The number of hydrogen-bond acceptors (Lipinski definition) is 2. The first kappa shape index (κ1) is 13.1. The molecule has 0 aliphatic rings. The summed E-state index contributed by atoms with van der Waals surface area (Å²) in [5.74, 6) is -0.214. The van der Waals surface area contributed by atoms with Crippen molar-refractivity contribution in [3.8, 4) is 0 Å². The molecule has 2 rings (SSSR count). The zero-order chi connectivity index (χ0) is 13.1. The summed E-state index contributed by atoms with van der Waals surface area (Å²) in [5.41, 5.74) is 1.96. The number of nitrogens with one attached hydrogen (secondary N) is 1. The lowest BCUT2D eigenvalue weighted by atomic mass is 10.2. The zero-order valence-corrected chi connectivity index (χ0v) is 11.9. The molecule has 1 N–H and O–H groups in total. The van der Waals surface area contributed by atoms with Gasteiger partial charge in [-0.2, -0.15) is 0 Å². The minimum absolute atomic E-state index is 0.214. The number of benzene rings is 1. The first-order valence-electron chi connectivity index (χ1n) is 5.25. The van der Waals surface area contributed by atoms with E-state index in [0.29, 0.717) is 16.3 Å². The van der Waals surface area contributed by atoms with Crippen LogP contribution in [0.15, 0.2) is 41.0 Å². The number of amides is 1. The summed E-state index contributed by atoms with van der Waals surface area (Å²) < 4.78 is 0.767. The van der Waals surface area contributed by atoms with Gasteiger partial charge in [0.15, 0.2) is 0 Å². The van der Waals surface area contributed by atoms with Gasteiger partial charge in [0.1, 0.15) is 0 Å². The normalized spacial score (nSPS) is 10.2. The lowest BCUT2D eigenvalue weighted by Gasteiger charge is -2.08. The Morgan fingerprint density at radius 2 is 2.17 bits per heavy atom. The van der Waals surface area contributed by atoms with Crippen molar-refractivity contribution in [2.45, 2.75) is 6.92 Å². The van der Waals surface area contributed by atoms with E-state index in [9.17, 15) is 4.79 Å². The molecule has 0 fully saturated rings. The number of nitrogens with zero attached hydrogens (tertiary/aromatic N) is 1. The van der Waals surface area contributed by atoms with E-state index in [1.54, 1.807) is 36.5 Å². The number of pyridine rings is 1. The fourth-order valence-corrected chi connectivity index (χ4v) is 2.36. The highest BCUT2D eigenvalue weighted by Gasteiger charge is 2.09. The van der Waals surface area contributed by atoms with E-state index < -0.39 is 0 Å². The Morgan fingerprint density at radius 1 is 1.39 bits per heavy atom. The van der Waals surface area contributed by atoms with Gasteiger partial charge in [-0.25, -0.2) is 0 Å². The smallest absolute Gasteiger partial charge is 0.255 e. The highest BCUT2D eigenvalue weighted by atomic mass is 79.9. The second-order valence-corrected chi connectivity index (χ2v) is 5.10. The number of aryl methyl sites for hydroxylation is 1. The summed E-state index contributed by atoms with van der Waals surface area (Å²) in [6.07, 6.45) is 1.68. The maximum Gasteiger partial charge on any atom is 0.255 e. The third-order valence-corrected chi connectivity index (χ3v) is 3.06. The fraction of sp³-hybridized carbons (Fsp3) is 0.0769. The van der Waals surface area contributed by atoms with Gasteiger partial charge in [0.25, 0.3) is 5.91 Å². The number of rotatable bonds is 2. The van der Waals surface area contributed by atoms with Crippen molar-refractivity contribution < 1.29 is 4.79 Å². The van der Waals surface area contributed by atoms with Crippen molar-refractivity contribution in [1.29, 1.82) is 0 Å².